The van der Waals surface area contributed by atoms with Crippen molar-refractivity contribution >= 4 is 61.1 Å². The maximum absolute atomic E-state index is 11.6. The Morgan fingerprint density at radius 3 is 2.67 bits per heavy atom. The van der Waals surface area contributed by atoms with Crippen molar-refractivity contribution in [3.8, 4) is 0 Å². The first-order chi connectivity index (χ1) is 9.94. The first-order valence-corrected chi connectivity index (χ1v) is 7.85. The van der Waals surface area contributed by atoms with Gasteiger partial charge in [-0.25, -0.2) is 4.98 Å². The molecular formula is C13H13N3O3S2. The number of thiazole rings is 1. The molecule has 0 bridgehead atoms. The summed E-state index contributed by atoms with van der Waals surface area (Å²) in [5.74, 6) is -0.340. The molecule has 8 heteroatoms. The summed E-state index contributed by atoms with van der Waals surface area (Å²) in [7, 11) is 0. The summed E-state index contributed by atoms with van der Waals surface area (Å²) >= 11 is 2.27. The molecule has 0 saturated heterocycles. The van der Waals surface area contributed by atoms with Crippen LogP contribution in [0.1, 0.15) is 13.8 Å². The van der Waals surface area contributed by atoms with Gasteiger partial charge in [0, 0.05) is 19.5 Å². The first-order valence-electron chi connectivity index (χ1n) is 6.05. The van der Waals surface area contributed by atoms with Crippen molar-refractivity contribution in [1.29, 1.82) is 0 Å². The van der Waals surface area contributed by atoms with Gasteiger partial charge in [-0.2, -0.15) is 0 Å². The second-order valence-electron chi connectivity index (χ2n) is 4.21. The molecule has 2 N–H and O–H groups in total. The monoisotopic (exact) mass is 323 g/mol. The van der Waals surface area contributed by atoms with Crippen molar-refractivity contribution in [1.82, 2.24) is 4.98 Å². The molecule has 0 aliphatic heterocycles. The summed E-state index contributed by atoms with van der Waals surface area (Å²) in [6.07, 6.45) is 0. The number of carbonyl (C=O) groups is 3. The minimum Gasteiger partial charge on any atom is -0.326 e. The van der Waals surface area contributed by atoms with E-state index in [4.69, 9.17) is 0 Å². The van der Waals surface area contributed by atoms with E-state index in [1.807, 2.05) is 0 Å². The van der Waals surface area contributed by atoms with Gasteiger partial charge in [0.1, 0.15) is 0 Å². The Morgan fingerprint density at radius 1 is 1.24 bits per heavy atom. The summed E-state index contributed by atoms with van der Waals surface area (Å²) in [5.41, 5.74) is 1.42. The lowest BCUT2D eigenvalue weighted by Gasteiger charge is -1.99. The fourth-order valence-electron chi connectivity index (χ4n) is 1.58. The molecule has 0 aliphatic rings. The summed E-state index contributed by atoms with van der Waals surface area (Å²) < 4.78 is 0.857. The number of hydrogen-bond acceptors (Lipinski definition) is 6. The quantitative estimate of drug-likeness (QED) is 0.902. The maximum Gasteiger partial charge on any atom is 0.236 e. The third-order valence-corrected chi connectivity index (χ3v) is 4.11. The Balaban J connectivity index is 2.09. The predicted octanol–water partition coefficient (Wildman–Crippen LogP) is 2.47. The average Bonchev–Trinajstić information content (AvgIpc) is 2.77. The van der Waals surface area contributed by atoms with Gasteiger partial charge in [-0.1, -0.05) is 23.1 Å². The van der Waals surface area contributed by atoms with E-state index in [-0.39, 0.29) is 22.7 Å². The highest BCUT2D eigenvalue weighted by molar-refractivity contribution is 8.14. The van der Waals surface area contributed by atoms with E-state index in [1.165, 1.54) is 25.2 Å². The average molecular weight is 323 g/mol. The molecule has 2 aromatic rings. The zero-order chi connectivity index (χ0) is 15.4. The minimum absolute atomic E-state index is 0.0718. The van der Waals surface area contributed by atoms with Crippen LogP contribution in [0.5, 0.6) is 0 Å². The van der Waals surface area contributed by atoms with Crippen LogP contribution >= 0.6 is 23.1 Å². The molecule has 2 rings (SSSR count). The molecule has 0 radical (unpaired) electrons. The molecule has 0 aliphatic carbocycles. The number of fused-ring (bicyclic) bond motifs is 1. The Bertz CT molecular complexity index is 712. The van der Waals surface area contributed by atoms with Crippen LogP contribution in [-0.2, 0) is 14.4 Å². The topological polar surface area (TPSA) is 88.2 Å². The van der Waals surface area contributed by atoms with Crippen molar-refractivity contribution in [3.63, 3.8) is 0 Å². The number of nitrogens with one attached hydrogen (secondary N) is 2. The summed E-state index contributed by atoms with van der Waals surface area (Å²) in [6.45, 7) is 2.86. The highest BCUT2D eigenvalue weighted by atomic mass is 32.2. The number of rotatable bonds is 4. The highest BCUT2D eigenvalue weighted by Crippen LogP contribution is 2.28. The molecular weight excluding hydrogens is 310 g/mol. The van der Waals surface area contributed by atoms with Crippen LogP contribution < -0.4 is 10.6 Å². The van der Waals surface area contributed by atoms with Crippen LogP contribution in [0.25, 0.3) is 10.2 Å². The summed E-state index contributed by atoms with van der Waals surface area (Å²) in [4.78, 5) is 37.7. The van der Waals surface area contributed by atoms with Gasteiger partial charge < -0.3 is 10.6 Å². The lowest BCUT2D eigenvalue weighted by Crippen LogP contribution is -2.14. The maximum atomic E-state index is 11.6. The third kappa shape index (κ3) is 4.54. The van der Waals surface area contributed by atoms with Gasteiger partial charge in [-0.05, 0) is 18.2 Å². The molecule has 1 aromatic heterocycles. The van der Waals surface area contributed by atoms with E-state index in [2.05, 4.69) is 15.6 Å². The van der Waals surface area contributed by atoms with Crippen molar-refractivity contribution in [2.75, 3.05) is 16.4 Å². The number of hydrogen-bond donors (Lipinski definition) is 2. The van der Waals surface area contributed by atoms with Crippen molar-refractivity contribution < 1.29 is 14.4 Å². The second-order valence-corrected chi connectivity index (χ2v) is 6.39. The molecule has 0 fully saturated rings. The Labute approximate surface area is 129 Å². The predicted molar refractivity (Wildman–Crippen MR) is 85.7 cm³/mol. The largest absolute Gasteiger partial charge is 0.326 e. The van der Waals surface area contributed by atoms with Gasteiger partial charge in [0.2, 0.25) is 11.8 Å². The standard InChI is InChI=1S/C13H13N3O3S2/c1-7(17)14-9-3-4-10-11(5-9)21-13(15-10)16-12(19)6-20-8(2)18/h3-5H,6H2,1-2H3,(H,14,17)(H,15,16,19). The third-order valence-electron chi connectivity index (χ3n) is 2.36. The summed E-state index contributed by atoms with van der Waals surface area (Å²) in [6, 6.07) is 5.33. The van der Waals surface area contributed by atoms with Crippen molar-refractivity contribution in [2.24, 2.45) is 0 Å². The highest BCUT2D eigenvalue weighted by Gasteiger charge is 2.09. The molecule has 1 aromatic carbocycles. The smallest absolute Gasteiger partial charge is 0.236 e. The van der Waals surface area contributed by atoms with Gasteiger partial charge >= 0.3 is 0 Å². The molecule has 0 saturated carbocycles. The van der Waals surface area contributed by atoms with Crippen LogP contribution in [-0.4, -0.2) is 27.7 Å². The Kier molecular flexibility index (Phi) is 4.92. The lowest BCUT2D eigenvalue weighted by molar-refractivity contribution is -0.115. The molecule has 2 amide bonds. The number of anilines is 2. The molecule has 6 nitrogen and oxygen atoms in total. The van der Waals surface area contributed by atoms with Gasteiger partial charge in [0.25, 0.3) is 0 Å². The molecule has 0 atom stereocenters. The SMILES string of the molecule is CC(=O)Nc1ccc2nc(NC(=O)CSC(C)=O)sc2c1. The number of amides is 2. The normalized spacial score (nSPS) is 10.4. The van der Waals surface area contributed by atoms with Crippen molar-refractivity contribution in [2.45, 2.75) is 13.8 Å². The van der Waals surface area contributed by atoms with Gasteiger partial charge in [0.15, 0.2) is 10.2 Å². The van der Waals surface area contributed by atoms with E-state index >= 15 is 0 Å². The van der Waals surface area contributed by atoms with Gasteiger partial charge in [-0.15, -0.1) is 0 Å². The zero-order valence-corrected chi connectivity index (χ0v) is 13.1. The first kappa shape index (κ1) is 15.5. The number of benzene rings is 1. The molecule has 110 valence electrons. The molecule has 0 unspecified atom stereocenters. The van der Waals surface area contributed by atoms with Crippen LogP contribution in [0.3, 0.4) is 0 Å². The van der Waals surface area contributed by atoms with Crippen LogP contribution in [0, 0.1) is 0 Å². The fourth-order valence-corrected chi connectivity index (χ4v) is 2.91. The van der Waals surface area contributed by atoms with Gasteiger partial charge in [-0.3, -0.25) is 14.4 Å². The lowest BCUT2D eigenvalue weighted by atomic mass is 10.3. The molecule has 21 heavy (non-hydrogen) atoms. The van der Waals surface area contributed by atoms with Gasteiger partial charge in [0.05, 0.1) is 16.0 Å². The Hall–Kier alpha value is -1.93. The van der Waals surface area contributed by atoms with E-state index in [0.717, 1.165) is 22.0 Å². The van der Waals surface area contributed by atoms with Crippen LogP contribution in [0.2, 0.25) is 0 Å². The fraction of sp³-hybridized carbons (Fsp3) is 0.231. The molecule has 1 heterocycles. The number of thioether (sulfide) groups is 1. The second kappa shape index (κ2) is 6.68. The number of carbonyl (C=O) groups excluding carboxylic acids is 3. The van der Waals surface area contributed by atoms with Crippen LogP contribution in [0.15, 0.2) is 18.2 Å². The van der Waals surface area contributed by atoms with E-state index in [1.54, 1.807) is 18.2 Å². The van der Waals surface area contributed by atoms with Crippen molar-refractivity contribution in [3.05, 3.63) is 18.2 Å². The zero-order valence-electron chi connectivity index (χ0n) is 11.4. The number of nitrogens with zero attached hydrogens (tertiary/aromatic N) is 1. The van der Waals surface area contributed by atoms with Crippen LogP contribution in [0.4, 0.5) is 10.8 Å². The van der Waals surface area contributed by atoms with E-state index in [0.29, 0.717) is 10.8 Å². The molecule has 0 spiro atoms. The van der Waals surface area contributed by atoms with E-state index < -0.39 is 0 Å². The van der Waals surface area contributed by atoms with E-state index in [9.17, 15) is 14.4 Å². The Morgan fingerprint density at radius 2 is 2.00 bits per heavy atom. The minimum atomic E-state index is -0.267. The summed E-state index contributed by atoms with van der Waals surface area (Å²) in [5, 5.41) is 5.72. The number of aromatic nitrogens is 1.